The maximum Gasteiger partial charge on any atom is 0.181 e. The van der Waals surface area contributed by atoms with Crippen LogP contribution in [0.1, 0.15) is 51.9 Å². The number of hydrogen-bond donors (Lipinski definition) is 1. The molecule has 0 amide bonds. The van der Waals surface area contributed by atoms with E-state index in [4.69, 9.17) is 4.74 Å². The number of benzene rings is 1. The first-order chi connectivity index (χ1) is 10.2. The number of unbranched alkanes of at least 4 members (excludes halogenated alkanes) is 1. The first-order valence-electron chi connectivity index (χ1n) is 8.37. The minimum absolute atomic E-state index is 0.605. The van der Waals surface area contributed by atoms with E-state index >= 15 is 0 Å². The van der Waals surface area contributed by atoms with Crippen molar-refractivity contribution in [2.24, 2.45) is 0 Å². The van der Waals surface area contributed by atoms with Crippen molar-refractivity contribution < 1.29 is 14.3 Å². The van der Waals surface area contributed by atoms with E-state index in [0.29, 0.717) is 6.61 Å². The lowest BCUT2D eigenvalue weighted by molar-refractivity contribution is -0.927. The molecule has 1 aromatic rings. The lowest BCUT2D eigenvalue weighted by atomic mass is 10.2. The second-order valence-electron chi connectivity index (χ2n) is 5.82. The van der Waals surface area contributed by atoms with Gasteiger partial charge in [-0.3, -0.25) is 0 Å². The summed E-state index contributed by atoms with van der Waals surface area (Å²) in [5, 5.41) is 10.1. The molecule has 0 aliphatic rings. The second-order valence-corrected chi connectivity index (χ2v) is 5.82. The maximum atomic E-state index is 10.1. The van der Waals surface area contributed by atoms with E-state index in [2.05, 4.69) is 20.8 Å². The van der Waals surface area contributed by atoms with Crippen molar-refractivity contribution in [1.82, 2.24) is 0 Å². The average molecular weight is 294 g/mol. The van der Waals surface area contributed by atoms with Crippen molar-refractivity contribution in [1.29, 1.82) is 0 Å². The van der Waals surface area contributed by atoms with Crippen molar-refractivity contribution in [2.45, 2.75) is 46.3 Å². The standard InChI is InChI=1S/C18H32NO2/c1-4-7-14-19(6-3,13-5-2)15-16-21-18(20)17-11-9-8-10-12-17/h8-12,18,20H,4-7,13-16H2,1-3H3/q+1. The summed E-state index contributed by atoms with van der Waals surface area (Å²) >= 11 is 0. The highest BCUT2D eigenvalue weighted by atomic mass is 16.6. The number of quaternary nitrogens is 1. The number of hydrogen-bond acceptors (Lipinski definition) is 2. The third-order valence-electron chi connectivity index (χ3n) is 4.28. The van der Waals surface area contributed by atoms with Gasteiger partial charge in [-0.25, -0.2) is 0 Å². The number of likely N-dealkylation sites (N-methyl/N-ethyl adjacent to an activating group) is 1. The molecule has 1 N–H and O–H groups in total. The van der Waals surface area contributed by atoms with E-state index in [0.717, 1.165) is 23.1 Å². The molecule has 0 fully saturated rings. The van der Waals surface area contributed by atoms with Gasteiger partial charge in [-0.1, -0.05) is 50.6 Å². The molecule has 3 heteroatoms. The lowest BCUT2D eigenvalue weighted by Gasteiger charge is -2.38. The molecule has 0 spiro atoms. The predicted molar refractivity (Wildman–Crippen MR) is 88.0 cm³/mol. The van der Waals surface area contributed by atoms with E-state index in [1.807, 2.05) is 30.3 Å². The monoisotopic (exact) mass is 294 g/mol. The van der Waals surface area contributed by atoms with Crippen molar-refractivity contribution in [3.63, 3.8) is 0 Å². The SMILES string of the molecule is CCCC[N+](CC)(CCC)CCOC(O)c1ccccc1. The third kappa shape index (κ3) is 6.16. The Labute approximate surface area is 130 Å². The molecule has 0 bridgehead atoms. The van der Waals surface area contributed by atoms with Crippen LogP contribution in [0.25, 0.3) is 0 Å². The van der Waals surface area contributed by atoms with Crippen LogP contribution in [0.2, 0.25) is 0 Å². The van der Waals surface area contributed by atoms with E-state index < -0.39 is 6.29 Å². The van der Waals surface area contributed by atoms with Gasteiger partial charge in [0.1, 0.15) is 6.54 Å². The summed E-state index contributed by atoms with van der Waals surface area (Å²) in [5.41, 5.74) is 0.830. The highest BCUT2D eigenvalue weighted by Crippen LogP contribution is 2.15. The molecule has 0 saturated heterocycles. The van der Waals surface area contributed by atoms with Crippen LogP contribution < -0.4 is 0 Å². The van der Waals surface area contributed by atoms with E-state index in [9.17, 15) is 5.11 Å². The van der Waals surface area contributed by atoms with Crippen LogP contribution in [0.3, 0.4) is 0 Å². The third-order valence-corrected chi connectivity index (χ3v) is 4.28. The molecule has 0 radical (unpaired) electrons. The summed E-state index contributed by atoms with van der Waals surface area (Å²) in [6.07, 6.45) is 2.88. The Kier molecular flexibility index (Phi) is 8.58. The molecular formula is C18H32NO2+. The first kappa shape index (κ1) is 18.1. The molecule has 1 aromatic carbocycles. The molecule has 0 aromatic heterocycles. The zero-order valence-electron chi connectivity index (χ0n) is 13.9. The zero-order valence-corrected chi connectivity index (χ0v) is 13.9. The van der Waals surface area contributed by atoms with Crippen LogP contribution in [0.15, 0.2) is 30.3 Å². The van der Waals surface area contributed by atoms with Crippen LogP contribution in [0.4, 0.5) is 0 Å². The van der Waals surface area contributed by atoms with Crippen LogP contribution in [0.5, 0.6) is 0 Å². The molecular weight excluding hydrogens is 262 g/mol. The Balaban J connectivity index is 2.48. The van der Waals surface area contributed by atoms with Crippen LogP contribution in [-0.4, -0.2) is 42.4 Å². The van der Waals surface area contributed by atoms with Crippen molar-refractivity contribution in [2.75, 3.05) is 32.8 Å². The van der Waals surface area contributed by atoms with Crippen molar-refractivity contribution >= 4 is 0 Å². The Morgan fingerprint density at radius 1 is 1.00 bits per heavy atom. The fourth-order valence-corrected chi connectivity index (χ4v) is 2.85. The van der Waals surface area contributed by atoms with Gasteiger partial charge >= 0.3 is 0 Å². The summed E-state index contributed by atoms with van der Waals surface area (Å²) in [5.74, 6) is 0. The van der Waals surface area contributed by atoms with Crippen LogP contribution >= 0.6 is 0 Å². The molecule has 3 nitrogen and oxygen atoms in total. The van der Waals surface area contributed by atoms with Gasteiger partial charge in [-0.15, -0.1) is 0 Å². The van der Waals surface area contributed by atoms with Gasteiger partial charge in [0.15, 0.2) is 6.29 Å². The van der Waals surface area contributed by atoms with Crippen LogP contribution in [0, 0.1) is 0 Å². The summed E-state index contributed by atoms with van der Waals surface area (Å²) in [4.78, 5) is 0. The van der Waals surface area contributed by atoms with Crippen molar-refractivity contribution in [3.05, 3.63) is 35.9 Å². The molecule has 1 rings (SSSR count). The summed E-state index contributed by atoms with van der Waals surface area (Å²) < 4.78 is 6.75. The highest BCUT2D eigenvalue weighted by Gasteiger charge is 2.24. The quantitative estimate of drug-likeness (QED) is 0.497. The average Bonchev–Trinajstić information content (AvgIpc) is 2.53. The van der Waals surface area contributed by atoms with Crippen LogP contribution in [-0.2, 0) is 4.74 Å². The maximum absolute atomic E-state index is 10.1. The van der Waals surface area contributed by atoms with Gasteiger partial charge in [0.05, 0.1) is 26.2 Å². The van der Waals surface area contributed by atoms with Gasteiger partial charge in [0, 0.05) is 5.56 Å². The fourth-order valence-electron chi connectivity index (χ4n) is 2.85. The normalized spacial score (nSPS) is 15.6. The molecule has 120 valence electrons. The topological polar surface area (TPSA) is 29.5 Å². The Morgan fingerprint density at radius 3 is 2.29 bits per heavy atom. The molecule has 2 unspecified atom stereocenters. The van der Waals surface area contributed by atoms with E-state index in [1.54, 1.807) is 0 Å². The van der Waals surface area contributed by atoms with Gasteiger partial charge in [-0.2, -0.15) is 0 Å². The van der Waals surface area contributed by atoms with Gasteiger partial charge < -0.3 is 14.3 Å². The van der Waals surface area contributed by atoms with Gasteiger partial charge in [0.25, 0.3) is 0 Å². The Bertz CT molecular complexity index is 369. The lowest BCUT2D eigenvalue weighted by Crippen LogP contribution is -2.51. The molecule has 0 heterocycles. The minimum atomic E-state index is -0.808. The minimum Gasteiger partial charge on any atom is -0.364 e. The van der Waals surface area contributed by atoms with Gasteiger partial charge in [0.2, 0.25) is 0 Å². The highest BCUT2D eigenvalue weighted by molar-refractivity contribution is 5.15. The molecule has 2 atom stereocenters. The smallest absolute Gasteiger partial charge is 0.181 e. The molecule has 0 saturated carbocycles. The van der Waals surface area contributed by atoms with Crippen molar-refractivity contribution in [3.8, 4) is 0 Å². The fraction of sp³-hybridized carbons (Fsp3) is 0.667. The summed E-state index contributed by atoms with van der Waals surface area (Å²) in [7, 11) is 0. The molecule has 0 aliphatic heterocycles. The zero-order chi connectivity index (χ0) is 15.6. The summed E-state index contributed by atoms with van der Waals surface area (Å²) in [6.45, 7) is 11.9. The Morgan fingerprint density at radius 2 is 1.71 bits per heavy atom. The first-order valence-corrected chi connectivity index (χ1v) is 8.37. The van der Waals surface area contributed by atoms with Gasteiger partial charge in [-0.05, 0) is 19.8 Å². The van der Waals surface area contributed by atoms with E-state index in [-0.39, 0.29) is 0 Å². The molecule has 21 heavy (non-hydrogen) atoms. The number of aliphatic hydroxyl groups excluding tert-OH is 1. The van der Waals surface area contributed by atoms with E-state index in [1.165, 1.54) is 32.4 Å². The largest absolute Gasteiger partial charge is 0.364 e. The summed E-state index contributed by atoms with van der Waals surface area (Å²) in [6, 6.07) is 9.59. The number of nitrogens with zero attached hydrogens (tertiary/aromatic N) is 1. The number of rotatable bonds is 11. The number of ether oxygens (including phenoxy) is 1. The second kappa shape index (κ2) is 9.93. The Hall–Kier alpha value is -0.900. The number of aliphatic hydroxyl groups is 1. The predicted octanol–water partition coefficient (Wildman–Crippen LogP) is 3.74. The molecule has 0 aliphatic carbocycles.